The Labute approximate surface area is 245 Å². The van der Waals surface area contributed by atoms with Gasteiger partial charge >= 0.3 is 5.97 Å². The van der Waals surface area contributed by atoms with Crippen LogP contribution in [0.25, 0.3) is 6.08 Å². The first-order valence-corrected chi connectivity index (χ1v) is 14.6. The second kappa shape index (κ2) is 13.1. The third kappa shape index (κ3) is 6.19. The number of carbonyl (C=O) groups is 2. The van der Waals surface area contributed by atoms with Crippen molar-refractivity contribution in [3.63, 3.8) is 0 Å². The van der Waals surface area contributed by atoms with Gasteiger partial charge in [-0.15, -0.1) is 5.10 Å². The fourth-order valence-corrected chi connectivity index (χ4v) is 6.66. The Balaban J connectivity index is 1.63. The van der Waals surface area contributed by atoms with Gasteiger partial charge in [0.2, 0.25) is 0 Å². The van der Waals surface area contributed by atoms with Gasteiger partial charge in [0, 0.05) is 25.3 Å². The zero-order valence-electron chi connectivity index (χ0n) is 23.3. The van der Waals surface area contributed by atoms with E-state index in [4.69, 9.17) is 4.74 Å². The van der Waals surface area contributed by atoms with Gasteiger partial charge in [0.05, 0.1) is 37.5 Å². The molecule has 1 fully saturated rings. The molecule has 0 N–H and O–H groups in total. The molecule has 0 amide bonds. The summed E-state index contributed by atoms with van der Waals surface area (Å²) in [5.74, 6) is -0.300. The predicted octanol–water partition coefficient (Wildman–Crippen LogP) is 5.57. The number of likely N-dealkylation sites (tertiary alicyclic amines) is 1. The van der Waals surface area contributed by atoms with Crippen LogP contribution < -0.4 is 0 Å². The highest BCUT2D eigenvalue weighted by atomic mass is 32.2. The number of piperidine rings is 1. The Hall–Kier alpha value is -4.01. The van der Waals surface area contributed by atoms with Gasteiger partial charge in [-0.25, -0.2) is 4.68 Å². The van der Waals surface area contributed by atoms with Crippen molar-refractivity contribution in [2.24, 2.45) is 0 Å². The molecule has 7 nitrogen and oxygen atoms in total. The number of methoxy groups -OCH3 is 1. The van der Waals surface area contributed by atoms with Gasteiger partial charge in [-0.2, -0.15) is 0 Å². The van der Waals surface area contributed by atoms with Crippen molar-refractivity contribution >= 4 is 28.9 Å². The summed E-state index contributed by atoms with van der Waals surface area (Å²) in [6, 6.07) is 31.9. The van der Waals surface area contributed by atoms with Crippen LogP contribution in [0.3, 0.4) is 0 Å². The van der Waals surface area contributed by atoms with Crippen LogP contribution in [-0.4, -0.2) is 56.4 Å². The van der Waals surface area contributed by atoms with Gasteiger partial charge in [0.25, 0.3) is 0 Å². The molecule has 1 saturated heterocycles. The van der Waals surface area contributed by atoms with E-state index in [1.165, 1.54) is 35.6 Å². The minimum absolute atomic E-state index is 0.0210. The molecule has 0 radical (unpaired) electrons. The molecule has 3 aromatic carbocycles. The van der Waals surface area contributed by atoms with E-state index in [0.717, 1.165) is 24.2 Å². The van der Waals surface area contributed by atoms with Crippen LogP contribution in [0.5, 0.6) is 0 Å². The molecule has 210 valence electrons. The van der Waals surface area contributed by atoms with Crippen molar-refractivity contribution in [3.8, 4) is 0 Å². The fourth-order valence-electron chi connectivity index (χ4n) is 5.75. The Kier molecular flexibility index (Phi) is 9.11. The topological polar surface area (TPSA) is 77.3 Å². The maximum atomic E-state index is 12.3. The van der Waals surface area contributed by atoms with E-state index in [0.29, 0.717) is 13.1 Å². The van der Waals surface area contributed by atoms with Gasteiger partial charge in [0.1, 0.15) is 0 Å². The second-order valence-electron chi connectivity index (χ2n) is 10.0. The zero-order chi connectivity index (χ0) is 28.7. The summed E-state index contributed by atoms with van der Waals surface area (Å²) in [5, 5.41) is 8.44. The molecule has 0 bridgehead atoms. The van der Waals surface area contributed by atoms with Crippen molar-refractivity contribution in [3.05, 3.63) is 125 Å². The lowest BCUT2D eigenvalue weighted by Crippen LogP contribution is -2.52. The molecule has 4 aromatic rings. The van der Waals surface area contributed by atoms with Crippen molar-refractivity contribution in [2.45, 2.75) is 37.1 Å². The van der Waals surface area contributed by atoms with Crippen LogP contribution in [0.15, 0.2) is 103 Å². The number of aryl methyl sites for hydroxylation is 1. The molecule has 0 saturated carbocycles. The van der Waals surface area contributed by atoms with E-state index >= 15 is 0 Å². The highest BCUT2D eigenvalue weighted by molar-refractivity contribution is 8.14. The van der Waals surface area contributed by atoms with Crippen LogP contribution in [-0.2, 0) is 26.4 Å². The molecular weight excluding hydrogens is 532 g/mol. The summed E-state index contributed by atoms with van der Waals surface area (Å²) in [6.45, 7) is 3.41. The van der Waals surface area contributed by atoms with E-state index in [1.807, 2.05) is 18.2 Å². The number of hydrogen-bond donors (Lipinski definition) is 0. The molecule has 1 aromatic heterocycles. The molecule has 0 aliphatic carbocycles. The van der Waals surface area contributed by atoms with Gasteiger partial charge in [-0.05, 0) is 34.8 Å². The van der Waals surface area contributed by atoms with Crippen LogP contribution in [0, 0.1) is 0 Å². The van der Waals surface area contributed by atoms with Crippen LogP contribution in [0.2, 0.25) is 0 Å². The van der Waals surface area contributed by atoms with E-state index < -0.39 is 5.54 Å². The molecule has 0 spiro atoms. The third-order valence-corrected chi connectivity index (χ3v) is 8.70. The number of hydrogen-bond acceptors (Lipinski definition) is 7. The fraction of sp³-hybridized carbons (Fsp3) is 0.273. The largest absolute Gasteiger partial charge is 0.469 e. The van der Waals surface area contributed by atoms with Crippen molar-refractivity contribution in [1.82, 2.24) is 19.9 Å². The van der Waals surface area contributed by atoms with E-state index in [1.54, 1.807) is 17.8 Å². The minimum atomic E-state index is -0.557. The summed E-state index contributed by atoms with van der Waals surface area (Å²) < 4.78 is 6.53. The van der Waals surface area contributed by atoms with E-state index in [9.17, 15) is 9.59 Å². The molecule has 8 heteroatoms. The van der Waals surface area contributed by atoms with Crippen LogP contribution >= 0.6 is 11.8 Å². The zero-order valence-corrected chi connectivity index (χ0v) is 24.2. The van der Waals surface area contributed by atoms with Crippen LogP contribution in [0.1, 0.15) is 42.1 Å². The molecular formula is C33H34N4O3S. The summed E-state index contributed by atoms with van der Waals surface area (Å²) in [7, 11) is 1.38. The summed E-state index contributed by atoms with van der Waals surface area (Å²) in [6.07, 6.45) is 4.80. The maximum absolute atomic E-state index is 12.3. The smallest absolute Gasteiger partial charge is 0.307 e. The first-order chi connectivity index (χ1) is 20.0. The third-order valence-electron chi connectivity index (χ3n) is 7.54. The van der Waals surface area contributed by atoms with Crippen molar-refractivity contribution in [1.29, 1.82) is 0 Å². The number of ether oxygens (including phenoxy) is 1. The SMILES string of the molecule is COC(=O)CCn1nncc1/C=C1\CN(C(c2ccccc2)(c2ccccc2)c2ccccc2)CCC1SC(C)=O. The Morgan fingerprint density at radius 3 is 2.02 bits per heavy atom. The molecule has 1 unspecified atom stereocenters. The first kappa shape index (κ1) is 28.5. The van der Waals surface area contributed by atoms with Crippen molar-refractivity contribution < 1.29 is 14.3 Å². The average Bonchev–Trinajstić information content (AvgIpc) is 3.45. The van der Waals surface area contributed by atoms with Gasteiger partial charge < -0.3 is 4.74 Å². The number of esters is 1. The normalized spacial score (nSPS) is 16.9. The quantitative estimate of drug-likeness (QED) is 0.194. The summed E-state index contributed by atoms with van der Waals surface area (Å²) >= 11 is 1.38. The van der Waals surface area contributed by atoms with Crippen molar-refractivity contribution in [2.75, 3.05) is 20.2 Å². The monoisotopic (exact) mass is 566 g/mol. The number of aromatic nitrogens is 3. The highest BCUT2D eigenvalue weighted by Crippen LogP contribution is 2.45. The molecule has 1 aliphatic heterocycles. The number of rotatable bonds is 9. The first-order valence-electron chi connectivity index (χ1n) is 13.8. The van der Waals surface area contributed by atoms with Crippen LogP contribution in [0.4, 0.5) is 0 Å². The molecule has 2 heterocycles. The molecule has 1 aliphatic rings. The highest BCUT2D eigenvalue weighted by Gasteiger charge is 2.44. The average molecular weight is 567 g/mol. The number of benzene rings is 3. The Bertz CT molecular complexity index is 1390. The Morgan fingerprint density at radius 1 is 0.951 bits per heavy atom. The summed E-state index contributed by atoms with van der Waals surface area (Å²) in [4.78, 5) is 26.6. The van der Waals surface area contributed by atoms with E-state index in [2.05, 4.69) is 94.1 Å². The number of carbonyl (C=O) groups excluding carboxylic acids is 2. The standard InChI is InChI=1S/C33H34N4O3S/c1-25(38)41-31-18-20-36(24-26(31)22-30-23-34-35-37(30)21-19-32(39)40-2)33(27-12-6-3-7-13-27,28-14-8-4-9-15-28)29-16-10-5-11-17-29/h3-17,22-23,31H,18-21,24H2,1-2H3/b26-22+. The minimum Gasteiger partial charge on any atom is -0.469 e. The Morgan fingerprint density at radius 2 is 1.51 bits per heavy atom. The lowest BCUT2D eigenvalue weighted by atomic mass is 9.74. The predicted molar refractivity (Wildman–Crippen MR) is 162 cm³/mol. The number of thioether (sulfide) groups is 1. The lowest BCUT2D eigenvalue weighted by Gasteiger charge is -2.49. The lowest BCUT2D eigenvalue weighted by molar-refractivity contribution is -0.140. The maximum Gasteiger partial charge on any atom is 0.307 e. The molecule has 1 atom stereocenters. The van der Waals surface area contributed by atoms with Gasteiger partial charge in [-0.3, -0.25) is 14.5 Å². The van der Waals surface area contributed by atoms with E-state index in [-0.39, 0.29) is 22.8 Å². The number of nitrogens with zero attached hydrogens (tertiary/aromatic N) is 4. The summed E-state index contributed by atoms with van der Waals surface area (Å²) in [5.41, 5.74) is 4.89. The second-order valence-corrected chi connectivity index (χ2v) is 11.4. The molecule has 5 rings (SSSR count). The molecule has 41 heavy (non-hydrogen) atoms. The van der Waals surface area contributed by atoms with Gasteiger partial charge in [-0.1, -0.05) is 108 Å². The van der Waals surface area contributed by atoms with Gasteiger partial charge in [0.15, 0.2) is 5.12 Å².